The number of rotatable bonds is 7. The van der Waals surface area contributed by atoms with Crippen molar-refractivity contribution in [3.8, 4) is 17.1 Å². The van der Waals surface area contributed by atoms with Gasteiger partial charge in [0.15, 0.2) is 5.82 Å². The molecular weight excluding hydrogens is 424 g/mol. The second-order valence-electron chi connectivity index (χ2n) is 9.17. The number of carbonyl (C=O) groups is 1. The lowest BCUT2D eigenvalue weighted by Gasteiger charge is -2.21. The van der Waals surface area contributed by atoms with Crippen LogP contribution in [0.15, 0.2) is 60.9 Å². The van der Waals surface area contributed by atoms with Crippen molar-refractivity contribution in [2.24, 2.45) is 5.92 Å². The minimum Gasteiger partial charge on any atom is -0.497 e. The number of nitrogens with zero attached hydrogens (tertiary/aromatic N) is 4. The Kier molecular flexibility index (Phi) is 5.97. The average molecular weight is 453 g/mol. The van der Waals surface area contributed by atoms with E-state index in [1.165, 1.54) is 5.56 Å². The third kappa shape index (κ3) is 4.36. The topological polar surface area (TPSA) is 68.2 Å². The van der Waals surface area contributed by atoms with Crippen LogP contribution in [0.25, 0.3) is 22.3 Å². The summed E-state index contributed by atoms with van der Waals surface area (Å²) >= 11 is 0. The van der Waals surface area contributed by atoms with Crippen LogP contribution in [0.4, 0.5) is 11.5 Å². The van der Waals surface area contributed by atoms with E-state index in [0.29, 0.717) is 30.4 Å². The number of Topliss-reactive ketones (excluding diaryl/α,β-unsaturated/α-hetero) is 1. The molecule has 0 N–H and O–H groups in total. The number of ether oxygens (including phenoxy) is 1. The fraction of sp³-hybridized carbons (Fsp3) is 0.286. The van der Waals surface area contributed by atoms with Gasteiger partial charge >= 0.3 is 0 Å². The molecule has 0 bridgehead atoms. The molecule has 34 heavy (non-hydrogen) atoms. The number of hydrogen-bond acceptors (Lipinski definition) is 6. The van der Waals surface area contributed by atoms with Crippen LogP contribution in [0.2, 0.25) is 0 Å². The van der Waals surface area contributed by atoms with Crippen LogP contribution >= 0.6 is 0 Å². The number of methoxy groups -OCH3 is 1. The molecular formula is C28H28N4O2. The quantitative estimate of drug-likeness (QED) is 0.366. The average Bonchev–Trinajstić information content (AvgIpc) is 3.26. The summed E-state index contributed by atoms with van der Waals surface area (Å²) in [4.78, 5) is 28.6. The number of hydrogen-bond donors (Lipinski definition) is 0. The Morgan fingerprint density at radius 2 is 2.00 bits per heavy atom. The minimum atomic E-state index is 0.291. The van der Waals surface area contributed by atoms with E-state index in [1.54, 1.807) is 19.5 Å². The number of pyridine rings is 1. The van der Waals surface area contributed by atoms with Crippen molar-refractivity contribution in [1.29, 1.82) is 0 Å². The molecule has 0 spiro atoms. The van der Waals surface area contributed by atoms with Crippen molar-refractivity contribution in [2.45, 2.75) is 33.1 Å². The normalized spacial score (nSPS) is 12.9. The number of ketones is 1. The van der Waals surface area contributed by atoms with Crippen LogP contribution < -0.4 is 9.64 Å². The molecule has 172 valence electrons. The summed E-state index contributed by atoms with van der Waals surface area (Å²) in [5, 5.41) is 0.941. The lowest BCUT2D eigenvalue weighted by molar-refractivity contribution is -0.119. The number of anilines is 2. The highest BCUT2D eigenvalue weighted by molar-refractivity contribution is 5.95. The van der Waals surface area contributed by atoms with E-state index < -0.39 is 0 Å². The maximum atomic E-state index is 12.3. The summed E-state index contributed by atoms with van der Waals surface area (Å²) in [6.45, 7) is 4.98. The highest BCUT2D eigenvalue weighted by Gasteiger charge is 2.25. The molecule has 0 saturated carbocycles. The molecule has 3 heterocycles. The van der Waals surface area contributed by atoms with Gasteiger partial charge in [-0.25, -0.2) is 9.97 Å². The van der Waals surface area contributed by atoms with E-state index in [9.17, 15) is 4.79 Å². The third-order valence-corrected chi connectivity index (χ3v) is 6.13. The van der Waals surface area contributed by atoms with E-state index in [4.69, 9.17) is 14.7 Å². The fourth-order valence-electron chi connectivity index (χ4n) is 4.59. The van der Waals surface area contributed by atoms with Crippen LogP contribution in [0.3, 0.4) is 0 Å². The van der Waals surface area contributed by atoms with Gasteiger partial charge < -0.3 is 9.64 Å². The van der Waals surface area contributed by atoms with Crippen molar-refractivity contribution >= 4 is 28.2 Å². The Hall–Kier alpha value is -3.80. The molecule has 0 radical (unpaired) electrons. The van der Waals surface area contributed by atoms with Gasteiger partial charge in [-0.3, -0.25) is 9.78 Å². The maximum absolute atomic E-state index is 12.3. The van der Waals surface area contributed by atoms with E-state index >= 15 is 0 Å². The largest absolute Gasteiger partial charge is 0.497 e. The highest BCUT2D eigenvalue weighted by Crippen LogP contribution is 2.39. The summed E-state index contributed by atoms with van der Waals surface area (Å²) < 4.78 is 5.49. The second-order valence-corrected chi connectivity index (χ2v) is 9.17. The maximum Gasteiger partial charge on any atom is 0.163 e. The van der Waals surface area contributed by atoms with Crippen molar-refractivity contribution in [3.63, 3.8) is 0 Å². The van der Waals surface area contributed by atoms with Crippen molar-refractivity contribution < 1.29 is 9.53 Å². The zero-order valence-electron chi connectivity index (χ0n) is 19.8. The van der Waals surface area contributed by atoms with Crippen molar-refractivity contribution in [1.82, 2.24) is 15.0 Å². The van der Waals surface area contributed by atoms with Gasteiger partial charge in [0, 0.05) is 48.4 Å². The molecule has 5 rings (SSSR count). The lowest BCUT2D eigenvalue weighted by atomic mass is 9.99. The molecule has 2 aromatic carbocycles. The van der Waals surface area contributed by atoms with Gasteiger partial charge in [0.1, 0.15) is 17.4 Å². The first-order valence-electron chi connectivity index (χ1n) is 11.7. The number of benzene rings is 2. The van der Waals surface area contributed by atoms with E-state index in [1.807, 2.05) is 30.3 Å². The summed E-state index contributed by atoms with van der Waals surface area (Å²) in [5.74, 6) is 2.94. The van der Waals surface area contributed by atoms with Gasteiger partial charge in [-0.05, 0) is 59.9 Å². The predicted molar refractivity (Wildman–Crippen MR) is 135 cm³/mol. The van der Waals surface area contributed by atoms with Crippen LogP contribution in [0.1, 0.15) is 31.4 Å². The summed E-state index contributed by atoms with van der Waals surface area (Å²) in [5.41, 5.74) is 5.18. The molecule has 1 aliphatic heterocycles. The van der Waals surface area contributed by atoms with E-state index in [2.05, 4.69) is 41.9 Å². The summed E-state index contributed by atoms with van der Waals surface area (Å²) in [6.07, 6.45) is 5.54. The second kappa shape index (κ2) is 9.21. The first-order valence-corrected chi connectivity index (χ1v) is 11.7. The van der Waals surface area contributed by atoms with Crippen LogP contribution in [-0.4, -0.2) is 34.4 Å². The van der Waals surface area contributed by atoms with Crippen LogP contribution in [0.5, 0.6) is 5.75 Å². The molecule has 0 saturated heterocycles. The Bertz CT molecular complexity index is 1350. The monoisotopic (exact) mass is 452 g/mol. The van der Waals surface area contributed by atoms with Gasteiger partial charge in [-0.15, -0.1) is 0 Å². The van der Waals surface area contributed by atoms with Crippen molar-refractivity contribution in [3.05, 3.63) is 72.1 Å². The molecule has 2 aromatic heterocycles. The van der Waals surface area contributed by atoms with E-state index in [-0.39, 0.29) is 0 Å². The molecule has 6 heteroatoms. The number of carbonyl (C=O) groups excluding carboxylic acids is 1. The first kappa shape index (κ1) is 22.0. The van der Waals surface area contributed by atoms with Gasteiger partial charge in [-0.2, -0.15) is 0 Å². The Labute approximate surface area is 199 Å². The zero-order valence-corrected chi connectivity index (χ0v) is 19.8. The van der Waals surface area contributed by atoms with Gasteiger partial charge in [0.2, 0.25) is 0 Å². The van der Waals surface area contributed by atoms with Crippen LogP contribution in [0, 0.1) is 5.92 Å². The molecule has 4 aromatic rings. The third-order valence-electron chi connectivity index (χ3n) is 6.13. The van der Waals surface area contributed by atoms with Gasteiger partial charge in [0.05, 0.1) is 12.6 Å². The molecule has 0 unspecified atom stereocenters. The minimum absolute atomic E-state index is 0.291. The molecule has 0 fully saturated rings. The van der Waals surface area contributed by atoms with E-state index in [0.717, 1.165) is 52.3 Å². The fourth-order valence-corrected chi connectivity index (χ4v) is 4.59. The van der Waals surface area contributed by atoms with Crippen LogP contribution in [-0.2, 0) is 17.6 Å². The number of aromatic nitrogens is 3. The smallest absolute Gasteiger partial charge is 0.163 e. The molecule has 1 aliphatic rings. The predicted octanol–water partition coefficient (Wildman–Crippen LogP) is 5.55. The SMILES string of the molecule is COc1ccc2nc(-c3cccnc3)nc(N3CCc4cc(CC(=O)CC(C)C)ccc43)c2c1. The number of fused-ring (bicyclic) bond motifs is 2. The van der Waals surface area contributed by atoms with Gasteiger partial charge in [-0.1, -0.05) is 26.0 Å². The Balaban J connectivity index is 1.56. The molecule has 0 aliphatic carbocycles. The molecule has 6 nitrogen and oxygen atoms in total. The standard InChI is InChI=1S/C28H28N4O2/c1-18(2)13-22(33)15-19-6-9-26-20(14-19)10-12-32(26)28-24-16-23(34-3)7-8-25(24)30-27(31-28)21-5-4-11-29-17-21/h4-9,11,14,16-18H,10,12-13,15H2,1-3H3. The first-order chi connectivity index (χ1) is 16.5. The summed E-state index contributed by atoms with van der Waals surface area (Å²) in [7, 11) is 1.67. The Morgan fingerprint density at radius 3 is 2.76 bits per heavy atom. The molecule has 0 atom stereocenters. The van der Waals surface area contributed by atoms with Crippen molar-refractivity contribution in [2.75, 3.05) is 18.6 Å². The zero-order chi connectivity index (χ0) is 23.7. The summed E-state index contributed by atoms with van der Waals surface area (Å²) in [6, 6.07) is 16.1. The lowest BCUT2D eigenvalue weighted by Crippen LogP contribution is -2.16. The molecule has 0 amide bonds. The van der Waals surface area contributed by atoms with Gasteiger partial charge in [0.25, 0.3) is 0 Å². The highest BCUT2D eigenvalue weighted by atomic mass is 16.5. The Morgan fingerprint density at radius 1 is 1.12 bits per heavy atom.